The van der Waals surface area contributed by atoms with E-state index < -0.39 is 5.92 Å². The molecule has 0 heterocycles. The van der Waals surface area contributed by atoms with Crippen molar-refractivity contribution < 1.29 is 14.6 Å². The highest BCUT2D eigenvalue weighted by Crippen LogP contribution is 2.38. The molecule has 3 rings (SSSR count). The summed E-state index contributed by atoms with van der Waals surface area (Å²) in [6.07, 6.45) is -0.232. The lowest BCUT2D eigenvalue weighted by Gasteiger charge is -2.21. The highest BCUT2D eigenvalue weighted by molar-refractivity contribution is 9.10. The summed E-state index contributed by atoms with van der Waals surface area (Å²) in [6.45, 7) is 3.64. The van der Waals surface area contributed by atoms with Crippen molar-refractivity contribution in [2.24, 2.45) is 0 Å². The van der Waals surface area contributed by atoms with Crippen molar-refractivity contribution in [3.05, 3.63) is 76.3 Å². The zero-order valence-electron chi connectivity index (χ0n) is 14.1. The molecule has 0 spiro atoms. The molecule has 0 aliphatic carbocycles. The predicted octanol–water partition coefficient (Wildman–Crippen LogP) is 5.39. The number of hydrogen-bond donors (Lipinski definition) is 1. The standard InChI is InChI=1S/C21H19BrO3/c1-13(2)25-21(24)19(14-6-4-3-5-7-14)20-17-10-9-16(22)12-15(17)8-11-18(20)23/h3-13,19,23H,1-2H3/t19-/m0/s1. The molecule has 128 valence electrons. The zero-order valence-corrected chi connectivity index (χ0v) is 15.7. The van der Waals surface area contributed by atoms with Gasteiger partial charge in [-0.2, -0.15) is 0 Å². The number of fused-ring (bicyclic) bond motifs is 1. The highest BCUT2D eigenvalue weighted by Gasteiger charge is 2.29. The number of benzene rings is 3. The Bertz CT molecular complexity index is 904. The molecule has 0 aliphatic rings. The molecule has 0 aliphatic heterocycles. The summed E-state index contributed by atoms with van der Waals surface area (Å²) in [7, 11) is 0. The van der Waals surface area contributed by atoms with Crippen LogP contribution in [-0.2, 0) is 9.53 Å². The van der Waals surface area contributed by atoms with Gasteiger partial charge in [0.05, 0.1) is 6.10 Å². The summed E-state index contributed by atoms with van der Waals surface area (Å²) in [5.74, 6) is -0.968. The van der Waals surface area contributed by atoms with Crippen LogP contribution in [0.15, 0.2) is 65.1 Å². The van der Waals surface area contributed by atoms with Crippen molar-refractivity contribution in [2.75, 3.05) is 0 Å². The number of phenols is 1. The number of carbonyl (C=O) groups is 1. The zero-order chi connectivity index (χ0) is 18.0. The fourth-order valence-corrected chi connectivity index (χ4v) is 3.36. The van der Waals surface area contributed by atoms with Crippen LogP contribution in [-0.4, -0.2) is 17.2 Å². The average Bonchev–Trinajstić information content (AvgIpc) is 2.57. The molecule has 25 heavy (non-hydrogen) atoms. The first kappa shape index (κ1) is 17.5. The summed E-state index contributed by atoms with van der Waals surface area (Å²) in [5.41, 5.74) is 1.36. The van der Waals surface area contributed by atoms with Crippen LogP contribution in [0.3, 0.4) is 0 Å². The second-order valence-corrected chi connectivity index (χ2v) is 7.11. The van der Waals surface area contributed by atoms with Crippen LogP contribution in [0.2, 0.25) is 0 Å². The second kappa shape index (κ2) is 7.28. The number of phenolic OH excluding ortho intramolecular Hbond substituents is 1. The molecule has 1 atom stereocenters. The lowest BCUT2D eigenvalue weighted by atomic mass is 9.87. The summed E-state index contributed by atoms with van der Waals surface area (Å²) >= 11 is 3.46. The topological polar surface area (TPSA) is 46.5 Å². The number of hydrogen-bond acceptors (Lipinski definition) is 3. The number of aromatic hydroxyl groups is 1. The first-order chi connectivity index (χ1) is 12.0. The Balaban J connectivity index is 2.24. The maximum absolute atomic E-state index is 12.9. The van der Waals surface area contributed by atoms with Crippen molar-refractivity contribution in [2.45, 2.75) is 25.9 Å². The van der Waals surface area contributed by atoms with Gasteiger partial charge >= 0.3 is 5.97 Å². The average molecular weight is 399 g/mol. The Kier molecular flexibility index (Phi) is 5.09. The third-order valence-corrected chi connectivity index (χ3v) is 4.50. The van der Waals surface area contributed by atoms with Crippen molar-refractivity contribution in [1.29, 1.82) is 0 Å². The van der Waals surface area contributed by atoms with E-state index in [0.29, 0.717) is 5.56 Å². The van der Waals surface area contributed by atoms with Crippen molar-refractivity contribution in [1.82, 2.24) is 0 Å². The van der Waals surface area contributed by atoms with E-state index in [1.807, 2.05) is 68.4 Å². The molecular weight excluding hydrogens is 380 g/mol. The van der Waals surface area contributed by atoms with Gasteiger partial charge in [-0.25, -0.2) is 0 Å². The van der Waals surface area contributed by atoms with Gasteiger partial charge in [-0.15, -0.1) is 0 Å². The van der Waals surface area contributed by atoms with E-state index in [9.17, 15) is 9.90 Å². The molecule has 1 N–H and O–H groups in total. The molecule has 0 amide bonds. The van der Waals surface area contributed by atoms with Crippen molar-refractivity contribution >= 4 is 32.7 Å². The maximum atomic E-state index is 12.9. The van der Waals surface area contributed by atoms with Gasteiger partial charge in [0.25, 0.3) is 0 Å². The summed E-state index contributed by atoms with van der Waals surface area (Å²) in [5, 5.41) is 12.3. The fourth-order valence-electron chi connectivity index (χ4n) is 2.98. The van der Waals surface area contributed by atoms with E-state index in [0.717, 1.165) is 20.8 Å². The molecule has 0 aromatic heterocycles. The minimum absolute atomic E-state index is 0.0874. The third-order valence-electron chi connectivity index (χ3n) is 4.01. The number of ether oxygens (including phenoxy) is 1. The molecule has 0 radical (unpaired) electrons. The molecule has 0 unspecified atom stereocenters. The third kappa shape index (κ3) is 3.69. The van der Waals surface area contributed by atoms with E-state index in [-0.39, 0.29) is 17.8 Å². The van der Waals surface area contributed by atoms with Crippen LogP contribution < -0.4 is 0 Å². The normalized spacial score (nSPS) is 12.3. The smallest absolute Gasteiger partial charge is 0.318 e. The van der Waals surface area contributed by atoms with Gasteiger partial charge < -0.3 is 9.84 Å². The van der Waals surface area contributed by atoms with Crippen LogP contribution in [0.1, 0.15) is 30.9 Å². The van der Waals surface area contributed by atoms with E-state index in [1.54, 1.807) is 6.07 Å². The number of esters is 1. The Morgan fingerprint density at radius 3 is 2.44 bits per heavy atom. The van der Waals surface area contributed by atoms with E-state index in [2.05, 4.69) is 15.9 Å². The molecule has 0 saturated carbocycles. The van der Waals surface area contributed by atoms with Crippen molar-refractivity contribution in [3.63, 3.8) is 0 Å². The first-order valence-corrected chi connectivity index (χ1v) is 8.93. The molecule has 3 aromatic rings. The lowest BCUT2D eigenvalue weighted by molar-refractivity contribution is -0.148. The monoisotopic (exact) mass is 398 g/mol. The largest absolute Gasteiger partial charge is 0.508 e. The number of carbonyl (C=O) groups excluding carboxylic acids is 1. The van der Waals surface area contributed by atoms with Crippen LogP contribution in [0.4, 0.5) is 0 Å². The van der Waals surface area contributed by atoms with Crippen LogP contribution in [0, 0.1) is 0 Å². The van der Waals surface area contributed by atoms with Gasteiger partial charge in [0.15, 0.2) is 0 Å². The summed E-state index contributed by atoms with van der Waals surface area (Å²) in [6, 6.07) is 18.7. The molecule has 4 heteroatoms. The Hall–Kier alpha value is -2.33. The minimum atomic E-state index is -0.687. The van der Waals surface area contributed by atoms with Gasteiger partial charge in [0, 0.05) is 10.0 Å². The Labute approximate surface area is 155 Å². The number of rotatable bonds is 4. The molecule has 3 aromatic carbocycles. The fraction of sp³-hybridized carbons (Fsp3) is 0.190. The van der Waals surface area contributed by atoms with Gasteiger partial charge in [0.1, 0.15) is 11.7 Å². The van der Waals surface area contributed by atoms with E-state index >= 15 is 0 Å². The van der Waals surface area contributed by atoms with Crippen molar-refractivity contribution in [3.8, 4) is 5.75 Å². The van der Waals surface area contributed by atoms with Gasteiger partial charge in [-0.3, -0.25) is 4.79 Å². The first-order valence-electron chi connectivity index (χ1n) is 8.14. The highest BCUT2D eigenvalue weighted by atomic mass is 79.9. The summed E-state index contributed by atoms with van der Waals surface area (Å²) < 4.78 is 6.43. The molecule has 0 saturated heterocycles. The summed E-state index contributed by atoms with van der Waals surface area (Å²) in [4.78, 5) is 12.9. The van der Waals surface area contributed by atoms with Gasteiger partial charge in [-0.05, 0) is 48.4 Å². The van der Waals surface area contributed by atoms with Gasteiger partial charge in [0.2, 0.25) is 0 Å². The van der Waals surface area contributed by atoms with E-state index in [1.165, 1.54) is 0 Å². The van der Waals surface area contributed by atoms with E-state index in [4.69, 9.17) is 4.74 Å². The number of halogens is 1. The SMILES string of the molecule is CC(C)OC(=O)[C@@H](c1ccccc1)c1c(O)ccc2cc(Br)ccc12. The maximum Gasteiger partial charge on any atom is 0.318 e. The minimum Gasteiger partial charge on any atom is -0.508 e. The van der Waals surface area contributed by atoms with Crippen LogP contribution in [0.25, 0.3) is 10.8 Å². The molecule has 3 nitrogen and oxygen atoms in total. The Morgan fingerprint density at radius 2 is 1.76 bits per heavy atom. The molecular formula is C21H19BrO3. The quantitative estimate of drug-likeness (QED) is 0.599. The lowest BCUT2D eigenvalue weighted by Crippen LogP contribution is -2.21. The molecule has 0 fully saturated rings. The van der Waals surface area contributed by atoms with Crippen LogP contribution in [0.5, 0.6) is 5.75 Å². The predicted molar refractivity (Wildman–Crippen MR) is 103 cm³/mol. The van der Waals surface area contributed by atoms with Crippen LogP contribution >= 0.6 is 15.9 Å². The molecule has 0 bridgehead atoms. The Morgan fingerprint density at radius 1 is 1.04 bits per heavy atom. The second-order valence-electron chi connectivity index (χ2n) is 6.19. The van der Waals surface area contributed by atoms with Gasteiger partial charge in [-0.1, -0.05) is 58.4 Å².